The summed E-state index contributed by atoms with van der Waals surface area (Å²) in [5, 5.41) is 40.0. The molecule has 17 heteroatoms. The highest BCUT2D eigenvalue weighted by molar-refractivity contribution is 8.01. The van der Waals surface area contributed by atoms with Crippen LogP contribution in [0, 0.1) is 17.5 Å². The number of ether oxygens (including phenoxy) is 3. The Morgan fingerprint density at radius 3 is 2.41 bits per heavy atom. The molecular formula is C29H37F5N4O7S. The third kappa shape index (κ3) is 7.05. The monoisotopic (exact) mass is 680 g/mol. The number of likely N-dealkylation sites (tertiary alicyclic amines) is 1. The molecule has 7 atom stereocenters. The molecule has 0 radical (unpaired) electrons. The summed E-state index contributed by atoms with van der Waals surface area (Å²) in [5.74, 6) is -8.03. The molecule has 0 spiro atoms. The first-order chi connectivity index (χ1) is 21.6. The Balaban J connectivity index is 1.48. The first-order valence-electron chi connectivity index (χ1n) is 14.8. The highest BCUT2D eigenvalue weighted by Gasteiger charge is 2.55. The number of alkyl halides is 2. The number of aliphatic hydroxyl groups excluding tert-OH is 2. The number of hydrogen-bond acceptors (Lipinski definition) is 10. The normalized spacial score (nSPS) is 31.9. The number of aliphatic hydroxyl groups is 3. The van der Waals surface area contributed by atoms with E-state index in [4.69, 9.17) is 14.2 Å². The number of halogens is 5. The number of methoxy groups -OCH3 is 1. The average Bonchev–Trinajstić information content (AvgIpc) is 3.47. The van der Waals surface area contributed by atoms with E-state index < -0.39 is 95.0 Å². The Hall–Kier alpha value is -2.41. The second kappa shape index (κ2) is 13.2. The number of rotatable bonds is 8. The van der Waals surface area contributed by atoms with Gasteiger partial charge in [0.25, 0.3) is 5.92 Å². The predicted molar refractivity (Wildman–Crippen MR) is 153 cm³/mol. The fourth-order valence-electron chi connectivity index (χ4n) is 6.36. The molecule has 46 heavy (non-hydrogen) atoms. The van der Waals surface area contributed by atoms with E-state index in [1.165, 1.54) is 18.2 Å². The first kappa shape index (κ1) is 34.9. The van der Waals surface area contributed by atoms with E-state index in [0.29, 0.717) is 0 Å². The van der Waals surface area contributed by atoms with E-state index in [1.807, 2.05) is 0 Å². The van der Waals surface area contributed by atoms with Crippen LogP contribution in [-0.2, 0) is 19.0 Å². The maximum Gasteiger partial charge on any atom is 0.251 e. The van der Waals surface area contributed by atoms with Crippen molar-refractivity contribution in [2.24, 2.45) is 0 Å². The number of aromatic nitrogens is 3. The Labute approximate surface area is 266 Å². The Kier molecular flexibility index (Phi) is 10.0. The summed E-state index contributed by atoms with van der Waals surface area (Å²) in [6.45, 7) is 2.53. The lowest BCUT2D eigenvalue weighted by Crippen LogP contribution is -2.61. The molecule has 2 aromatic rings. The van der Waals surface area contributed by atoms with Gasteiger partial charge in [0, 0.05) is 51.4 Å². The van der Waals surface area contributed by atoms with Crippen molar-refractivity contribution in [3.8, 4) is 11.3 Å². The lowest BCUT2D eigenvalue weighted by Gasteiger charge is -2.49. The smallest absolute Gasteiger partial charge is 0.251 e. The molecule has 4 heterocycles. The number of amides is 1. The van der Waals surface area contributed by atoms with Crippen LogP contribution in [0.1, 0.15) is 45.6 Å². The van der Waals surface area contributed by atoms with Crippen molar-refractivity contribution in [2.45, 2.75) is 91.7 Å². The van der Waals surface area contributed by atoms with Gasteiger partial charge >= 0.3 is 0 Å². The van der Waals surface area contributed by atoms with Gasteiger partial charge in [-0.25, -0.2) is 26.6 Å². The summed E-state index contributed by atoms with van der Waals surface area (Å²) < 4.78 is 88.1. The van der Waals surface area contributed by atoms with E-state index in [-0.39, 0.29) is 43.8 Å². The topological polar surface area (TPSA) is 139 Å². The molecule has 11 nitrogen and oxygen atoms in total. The molecule has 2 unspecified atom stereocenters. The summed E-state index contributed by atoms with van der Waals surface area (Å²) in [5.41, 5.74) is -3.82. The van der Waals surface area contributed by atoms with Crippen LogP contribution >= 0.6 is 11.8 Å². The number of hydrogen-bond donors (Lipinski definition) is 3. The minimum absolute atomic E-state index is 0.0322. The molecule has 1 aromatic carbocycles. The second-order valence-corrected chi connectivity index (χ2v) is 13.8. The van der Waals surface area contributed by atoms with Crippen molar-refractivity contribution in [2.75, 3.05) is 33.4 Å². The number of thioether (sulfide) groups is 1. The second-order valence-electron chi connectivity index (χ2n) is 12.6. The van der Waals surface area contributed by atoms with Crippen LogP contribution in [0.5, 0.6) is 0 Å². The van der Waals surface area contributed by atoms with Gasteiger partial charge in [0.05, 0.1) is 30.6 Å². The highest BCUT2D eigenvalue weighted by atomic mass is 32.2. The number of piperidine rings is 1. The lowest BCUT2D eigenvalue weighted by molar-refractivity contribution is -0.187. The maximum absolute atomic E-state index is 14.0. The molecule has 3 saturated heterocycles. The molecule has 5 rings (SSSR count). The number of carbonyl (C=O) groups is 1. The minimum Gasteiger partial charge on any atom is -0.394 e. The van der Waals surface area contributed by atoms with Crippen molar-refractivity contribution in [3.63, 3.8) is 0 Å². The van der Waals surface area contributed by atoms with Crippen LogP contribution in [0.2, 0.25) is 0 Å². The lowest BCUT2D eigenvalue weighted by atomic mass is 9.81. The molecule has 1 amide bonds. The highest BCUT2D eigenvalue weighted by Crippen LogP contribution is 2.46. The van der Waals surface area contributed by atoms with Gasteiger partial charge in [0.2, 0.25) is 5.91 Å². The van der Waals surface area contributed by atoms with E-state index in [0.717, 1.165) is 28.6 Å². The van der Waals surface area contributed by atoms with Gasteiger partial charge in [0.1, 0.15) is 40.7 Å². The van der Waals surface area contributed by atoms with Gasteiger partial charge in [-0.1, -0.05) is 5.21 Å². The average molecular weight is 681 g/mol. The van der Waals surface area contributed by atoms with E-state index >= 15 is 0 Å². The summed E-state index contributed by atoms with van der Waals surface area (Å²) >= 11 is 0.878. The predicted octanol–water partition coefficient (Wildman–Crippen LogP) is 2.68. The summed E-state index contributed by atoms with van der Waals surface area (Å²) in [7, 11) is 1.30. The molecule has 0 aliphatic carbocycles. The van der Waals surface area contributed by atoms with Crippen LogP contribution in [0.15, 0.2) is 18.3 Å². The number of nitrogens with zero attached hydrogens (tertiary/aromatic N) is 4. The quantitative estimate of drug-likeness (QED) is 0.282. The molecule has 3 fully saturated rings. The van der Waals surface area contributed by atoms with Crippen molar-refractivity contribution in [1.82, 2.24) is 19.9 Å². The zero-order valence-electron chi connectivity index (χ0n) is 25.4. The van der Waals surface area contributed by atoms with Gasteiger partial charge < -0.3 is 34.4 Å². The minimum atomic E-state index is -2.91. The van der Waals surface area contributed by atoms with Crippen LogP contribution in [-0.4, -0.2) is 121 Å². The Bertz CT molecular complexity index is 1390. The zero-order valence-corrected chi connectivity index (χ0v) is 26.2. The molecule has 1 aromatic heterocycles. The first-order valence-corrected chi connectivity index (χ1v) is 15.7. The van der Waals surface area contributed by atoms with Crippen molar-refractivity contribution in [3.05, 3.63) is 35.8 Å². The standard InChI is InChI=1S/C29H37F5N4O7S/c1-27(2)14-28(42,6-9-44-27)24(25(41)37-7-4-29(33,34)5-8-37)46-26-23(43-3)21(22(40)19(13-39)45-26)38-12-18(35-36-38)15-10-16(30)20(32)17(31)11-15/h10-12,19,21-24,26,39-40,42H,4-9,13-14H2,1-3H3/t19-,21+,22+,23-,24?,26+,28?/m1/s1. The van der Waals surface area contributed by atoms with Crippen LogP contribution in [0.25, 0.3) is 11.3 Å². The van der Waals surface area contributed by atoms with E-state index in [9.17, 15) is 42.1 Å². The summed E-state index contributed by atoms with van der Waals surface area (Å²) in [4.78, 5) is 15.3. The largest absolute Gasteiger partial charge is 0.394 e. The van der Waals surface area contributed by atoms with Gasteiger partial charge in [-0.2, -0.15) is 0 Å². The number of carbonyl (C=O) groups excluding carboxylic acids is 1. The molecule has 256 valence electrons. The fraction of sp³-hybridized carbons (Fsp3) is 0.690. The van der Waals surface area contributed by atoms with Gasteiger partial charge in [-0.15, -0.1) is 16.9 Å². The number of benzene rings is 1. The molecule has 0 saturated carbocycles. The van der Waals surface area contributed by atoms with Crippen LogP contribution < -0.4 is 0 Å². The third-order valence-corrected chi connectivity index (χ3v) is 10.3. The van der Waals surface area contributed by atoms with Crippen LogP contribution in [0.4, 0.5) is 22.0 Å². The summed E-state index contributed by atoms with van der Waals surface area (Å²) in [6, 6.07) is 0.327. The Morgan fingerprint density at radius 1 is 1.17 bits per heavy atom. The van der Waals surface area contributed by atoms with Gasteiger partial charge in [0.15, 0.2) is 17.5 Å². The summed E-state index contributed by atoms with van der Waals surface area (Å²) in [6.07, 6.45) is -3.54. The Morgan fingerprint density at radius 2 is 1.83 bits per heavy atom. The van der Waals surface area contributed by atoms with Gasteiger partial charge in [-0.05, 0) is 26.0 Å². The molecule has 0 bridgehead atoms. The van der Waals surface area contributed by atoms with Gasteiger partial charge in [-0.3, -0.25) is 4.79 Å². The zero-order chi connectivity index (χ0) is 33.6. The van der Waals surface area contributed by atoms with Crippen LogP contribution in [0.3, 0.4) is 0 Å². The fourth-order valence-corrected chi connectivity index (χ4v) is 7.98. The molecular weight excluding hydrogens is 643 g/mol. The van der Waals surface area contributed by atoms with Crippen molar-refractivity contribution in [1.29, 1.82) is 0 Å². The van der Waals surface area contributed by atoms with Crippen molar-refractivity contribution >= 4 is 17.7 Å². The van der Waals surface area contributed by atoms with E-state index in [1.54, 1.807) is 13.8 Å². The molecule has 3 N–H and O–H groups in total. The maximum atomic E-state index is 14.0. The molecule has 3 aliphatic rings. The van der Waals surface area contributed by atoms with E-state index in [2.05, 4.69) is 10.3 Å². The van der Waals surface area contributed by atoms with Crippen molar-refractivity contribution < 1.29 is 56.3 Å². The molecule has 3 aliphatic heterocycles. The third-order valence-electron chi connectivity index (χ3n) is 8.74. The SMILES string of the molecule is CO[C@@H]1[C@@H](n2cc(-c3cc(F)c(F)c(F)c3)nn2)[C@@H](O)[C@@H](CO)O[C@H]1SC(C(=O)N1CCC(F)(F)CC1)C1(O)CCOC(C)(C)C1.